The lowest BCUT2D eigenvalue weighted by molar-refractivity contribution is -0.135. The highest BCUT2D eigenvalue weighted by Gasteiger charge is 2.37. The zero-order valence-electron chi connectivity index (χ0n) is 11.3. The van der Waals surface area contributed by atoms with Gasteiger partial charge >= 0.3 is 5.97 Å². The Hall–Kier alpha value is -1.24. The molecule has 0 bridgehead atoms. The van der Waals surface area contributed by atoms with Gasteiger partial charge in [-0.2, -0.15) is 0 Å². The first kappa shape index (κ1) is 15.8. The minimum absolute atomic E-state index is 0.0772. The second-order valence-electron chi connectivity index (χ2n) is 5.16. The second-order valence-corrected chi connectivity index (χ2v) is 6.15. The van der Waals surface area contributed by atoms with Gasteiger partial charge in [-0.25, -0.2) is 0 Å². The van der Waals surface area contributed by atoms with Crippen molar-refractivity contribution in [3.05, 3.63) is 0 Å². The number of hydrogen-bond donors (Lipinski definition) is 2. The van der Waals surface area contributed by atoms with Gasteiger partial charge in [-0.1, -0.05) is 13.8 Å². The lowest BCUT2D eigenvalue weighted by atomic mass is 9.92. The number of thioether (sulfide) groups is 1. The fourth-order valence-corrected chi connectivity index (χ4v) is 2.44. The molecule has 1 heterocycles. The van der Waals surface area contributed by atoms with Crippen molar-refractivity contribution in [3.8, 4) is 0 Å². The molecule has 19 heavy (non-hydrogen) atoms. The van der Waals surface area contributed by atoms with Crippen LogP contribution in [0, 0.1) is 5.41 Å². The third kappa shape index (κ3) is 5.10. The Morgan fingerprint density at radius 3 is 2.63 bits per heavy atom. The van der Waals surface area contributed by atoms with Gasteiger partial charge in [0.25, 0.3) is 0 Å². The number of carbonyl (C=O) groups excluding carboxylic acids is 2. The fraction of sp³-hybridized carbons (Fsp3) is 0.750. The molecule has 0 aromatic rings. The van der Waals surface area contributed by atoms with Crippen LogP contribution in [0.1, 0.15) is 20.3 Å². The van der Waals surface area contributed by atoms with Gasteiger partial charge < -0.3 is 15.3 Å². The monoisotopic (exact) mass is 288 g/mol. The van der Waals surface area contributed by atoms with Gasteiger partial charge in [0.2, 0.25) is 11.8 Å². The number of amides is 2. The molecule has 0 atom stereocenters. The van der Waals surface area contributed by atoms with Crippen molar-refractivity contribution in [2.45, 2.75) is 20.3 Å². The number of carboxylic acids is 1. The fourth-order valence-electron chi connectivity index (χ4n) is 1.88. The Morgan fingerprint density at radius 2 is 2.11 bits per heavy atom. The Bertz CT molecular complexity index is 371. The van der Waals surface area contributed by atoms with Crippen molar-refractivity contribution in [2.24, 2.45) is 5.41 Å². The summed E-state index contributed by atoms with van der Waals surface area (Å²) in [6.07, 6.45) is 0.842. The first-order chi connectivity index (χ1) is 8.83. The maximum absolute atomic E-state index is 11.9. The van der Waals surface area contributed by atoms with E-state index in [9.17, 15) is 14.4 Å². The normalized spacial score (nSPS) is 17.6. The number of nitrogens with zero attached hydrogens (tertiary/aromatic N) is 1. The van der Waals surface area contributed by atoms with E-state index in [0.29, 0.717) is 13.1 Å². The highest BCUT2D eigenvalue weighted by Crippen LogP contribution is 2.29. The molecule has 1 rings (SSSR count). The summed E-state index contributed by atoms with van der Waals surface area (Å²) in [4.78, 5) is 35.3. The van der Waals surface area contributed by atoms with Crippen LogP contribution in [-0.4, -0.2) is 58.9 Å². The van der Waals surface area contributed by atoms with Gasteiger partial charge in [0, 0.05) is 25.0 Å². The van der Waals surface area contributed by atoms with E-state index in [-0.39, 0.29) is 28.7 Å². The lowest BCUT2D eigenvalue weighted by Crippen LogP contribution is -2.38. The summed E-state index contributed by atoms with van der Waals surface area (Å²) < 4.78 is 0. The molecule has 0 unspecified atom stereocenters. The Morgan fingerprint density at radius 1 is 1.42 bits per heavy atom. The molecule has 0 spiro atoms. The summed E-state index contributed by atoms with van der Waals surface area (Å²) in [6.45, 7) is 5.51. The minimum Gasteiger partial charge on any atom is -0.481 e. The highest BCUT2D eigenvalue weighted by molar-refractivity contribution is 8.00. The molecular weight excluding hydrogens is 268 g/mol. The van der Waals surface area contributed by atoms with Crippen molar-refractivity contribution in [3.63, 3.8) is 0 Å². The summed E-state index contributed by atoms with van der Waals surface area (Å²) in [7, 11) is 0. The van der Waals surface area contributed by atoms with Gasteiger partial charge in [0.05, 0.1) is 11.5 Å². The summed E-state index contributed by atoms with van der Waals surface area (Å²) in [5.74, 6) is -0.945. The molecule has 0 aromatic carbocycles. The van der Waals surface area contributed by atoms with E-state index in [1.807, 2.05) is 13.8 Å². The van der Waals surface area contributed by atoms with E-state index in [1.54, 1.807) is 4.90 Å². The molecule has 1 saturated heterocycles. The van der Waals surface area contributed by atoms with Crippen LogP contribution in [0.2, 0.25) is 0 Å². The van der Waals surface area contributed by atoms with Crippen LogP contribution in [0.4, 0.5) is 0 Å². The summed E-state index contributed by atoms with van der Waals surface area (Å²) in [6, 6.07) is 0. The number of rotatable bonds is 7. The van der Waals surface area contributed by atoms with Gasteiger partial charge in [-0.3, -0.25) is 14.4 Å². The molecule has 1 aliphatic heterocycles. The van der Waals surface area contributed by atoms with Gasteiger partial charge in [-0.05, 0) is 6.42 Å². The first-order valence-electron chi connectivity index (χ1n) is 6.18. The largest absolute Gasteiger partial charge is 0.481 e. The van der Waals surface area contributed by atoms with Crippen LogP contribution in [0.25, 0.3) is 0 Å². The first-order valence-corrected chi connectivity index (χ1v) is 7.34. The SMILES string of the molecule is CC1(C)CCN(CCNC(=O)CSCC(=O)O)C1=O. The standard InChI is InChI=1S/C12H20N2O4S/c1-12(2)3-5-14(11(12)18)6-4-13-9(15)7-19-8-10(16)17/h3-8H2,1-2H3,(H,13,15)(H,16,17). The predicted octanol–water partition coefficient (Wildman–Crippen LogP) is 0.179. The molecule has 0 aromatic heterocycles. The molecule has 1 aliphatic rings. The highest BCUT2D eigenvalue weighted by atomic mass is 32.2. The van der Waals surface area contributed by atoms with Crippen molar-refractivity contribution in [1.29, 1.82) is 0 Å². The molecular formula is C12H20N2O4S. The number of carboxylic acid groups (broad SMARTS) is 1. The zero-order chi connectivity index (χ0) is 14.5. The van der Waals surface area contributed by atoms with Gasteiger partial charge in [-0.15, -0.1) is 11.8 Å². The topological polar surface area (TPSA) is 86.7 Å². The third-order valence-corrected chi connectivity index (χ3v) is 3.95. The quantitative estimate of drug-likeness (QED) is 0.698. The molecule has 0 radical (unpaired) electrons. The third-order valence-electron chi connectivity index (χ3n) is 3.04. The summed E-state index contributed by atoms with van der Waals surface area (Å²) >= 11 is 1.06. The zero-order valence-corrected chi connectivity index (χ0v) is 12.1. The number of aliphatic carboxylic acids is 1. The van der Waals surface area contributed by atoms with E-state index >= 15 is 0 Å². The molecule has 108 valence electrons. The number of nitrogens with one attached hydrogen (secondary N) is 1. The molecule has 7 heteroatoms. The van der Waals surface area contributed by atoms with Crippen molar-refractivity contribution >= 4 is 29.5 Å². The predicted molar refractivity (Wildman–Crippen MR) is 72.9 cm³/mol. The van der Waals surface area contributed by atoms with Crippen LogP contribution in [-0.2, 0) is 14.4 Å². The number of likely N-dealkylation sites (tertiary alicyclic amines) is 1. The van der Waals surface area contributed by atoms with E-state index in [2.05, 4.69) is 5.32 Å². The molecule has 1 fully saturated rings. The van der Waals surface area contributed by atoms with Crippen LogP contribution in [0.15, 0.2) is 0 Å². The Balaban J connectivity index is 2.15. The molecule has 0 aliphatic carbocycles. The van der Waals surface area contributed by atoms with E-state index < -0.39 is 5.97 Å². The average Bonchev–Trinajstić information content (AvgIpc) is 2.55. The van der Waals surface area contributed by atoms with Gasteiger partial charge in [0.1, 0.15) is 0 Å². The van der Waals surface area contributed by atoms with Crippen LogP contribution in [0.5, 0.6) is 0 Å². The molecule has 2 N–H and O–H groups in total. The smallest absolute Gasteiger partial charge is 0.313 e. The lowest BCUT2D eigenvalue weighted by Gasteiger charge is -2.19. The van der Waals surface area contributed by atoms with Crippen LogP contribution in [0.3, 0.4) is 0 Å². The van der Waals surface area contributed by atoms with E-state index in [1.165, 1.54) is 0 Å². The summed E-state index contributed by atoms with van der Waals surface area (Å²) in [5.41, 5.74) is -0.290. The Labute approximate surface area is 116 Å². The molecule has 2 amide bonds. The number of hydrogen-bond acceptors (Lipinski definition) is 4. The van der Waals surface area contributed by atoms with Crippen LogP contribution >= 0.6 is 11.8 Å². The maximum Gasteiger partial charge on any atom is 0.313 e. The number of carbonyl (C=O) groups is 3. The Kier molecular flexibility index (Phi) is 5.65. The maximum atomic E-state index is 11.9. The second kappa shape index (κ2) is 6.79. The summed E-state index contributed by atoms with van der Waals surface area (Å²) in [5, 5.41) is 11.1. The van der Waals surface area contributed by atoms with Crippen LogP contribution < -0.4 is 5.32 Å². The molecule has 0 saturated carbocycles. The average molecular weight is 288 g/mol. The van der Waals surface area contributed by atoms with E-state index in [0.717, 1.165) is 24.7 Å². The van der Waals surface area contributed by atoms with Crippen molar-refractivity contribution in [1.82, 2.24) is 10.2 Å². The van der Waals surface area contributed by atoms with E-state index in [4.69, 9.17) is 5.11 Å². The van der Waals surface area contributed by atoms with Crippen molar-refractivity contribution in [2.75, 3.05) is 31.1 Å². The minimum atomic E-state index is -0.928. The van der Waals surface area contributed by atoms with Crippen molar-refractivity contribution < 1.29 is 19.5 Å². The molecule has 6 nitrogen and oxygen atoms in total. The van der Waals surface area contributed by atoms with Gasteiger partial charge in [0.15, 0.2) is 0 Å².